The molecule has 0 atom stereocenters. The Hall–Kier alpha value is -4.32. The van der Waals surface area contributed by atoms with Crippen molar-refractivity contribution in [3.05, 3.63) is 96.1 Å². The number of aromatic hydroxyl groups is 2. The summed E-state index contributed by atoms with van der Waals surface area (Å²) in [6.45, 7) is 16.1. The average molecular weight is 563 g/mol. The smallest absolute Gasteiger partial charge is 0.139 e. The largest absolute Gasteiger partial charge is 0.506 e. The molecule has 0 saturated carbocycles. The fourth-order valence-electron chi connectivity index (χ4n) is 6.01. The van der Waals surface area contributed by atoms with Crippen LogP contribution < -0.4 is 19.6 Å². The predicted molar refractivity (Wildman–Crippen MR) is 175 cm³/mol. The Balaban J connectivity index is 1.26. The van der Waals surface area contributed by atoms with E-state index in [0.717, 1.165) is 47.2 Å². The van der Waals surface area contributed by atoms with Crippen molar-refractivity contribution in [1.29, 1.82) is 0 Å². The lowest BCUT2D eigenvalue weighted by atomic mass is 9.86. The van der Waals surface area contributed by atoms with E-state index in [2.05, 4.69) is 122 Å². The van der Waals surface area contributed by atoms with Crippen LogP contribution >= 0.6 is 0 Å². The number of hydrogen-bond acceptors (Lipinski definition) is 6. The first kappa shape index (κ1) is 27.8. The van der Waals surface area contributed by atoms with E-state index < -0.39 is 0 Å². The van der Waals surface area contributed by atoms with Crippen molar-refractivity contribution in [2.24, 2.45) is 0 Å². The summed E-state index contributed by atoms with van der Waals surface area (Å²) in [6.07, 6.45) is 0. The van der Waals surface area contributed by atoms with Crippen LogP contribution in [0.2, 0.25) is 0 Å². The lowest BCUT2D eigenvalue weighted by molar-refractivity contribution is 0.473. The second-order valence-electron chi connectivity index (χ2n) is 13.6. The monoisotopic (exact) mass is 562 g/mol. The lowest BCUT2D eigenvalue weighted by Crippen LogP contribution is -2.37. The van der Waals surface area contributed by atoms with Crippen molar-refractivity contribution in [2.75, 3.05) is 46.0 Å². The molecule has 4 aromatic carbocycles. The summed E-state index contributed by atoms with van der Waals surface area (Å²) in [5.74, 6) is 0.585. The Kier molecular flexibility index (Phi) is 6.76. The van der Waals surface area contributed by atoms with Crippen molar-refractivity contribution in [3.8, 4) is 11.5 Å². The van der Waals surface area contributed by atoms with E-state index in [0.29, 0.717) is 24.8 Å². The zero-order valence-corrected chi connectivity index (χ0v) is 25.6. The van der Waals surface area contributed by atoms with Gasteiger partial charge in [0, 0.05) is 13.1 Å². The van der Waals surface area contributed by atoms with Crippen molar-refractivity contribution in [2.45, 2.75) is 52.4 Å². The molecule has 0 aromatic heterocycles. The standard InChI is InChI=1S/C36H42N4O2/c1-35(2,3)25-15-17-33(41)31(21-25)39-23-37(27-11-7-9-13-29(27)39)19-20-38-24-40(30-14-10-8-12-28(30)38)32-22-26(36(4,5)6)16-18-34(32)42/h7-18,21-22,41-42H,19-20,23-24H2,1-6H3. The normalized spacial score (nSPS) is 14.9. The quantitative estimate of drug-likeness (QED) is 0.256. The van der Waals surface area contributed by atoms with Crippen molar-refractivity contribution >= 4 is 34.1 Å². The van der Waals surface area contributed by atoms with E-state index in [1.807, 2.05) is 24.3 Å². The Labute approximate surface area is 250 Å². The van der Waals surface area contributed by atoms with Crippen LogP contribution in [0, 0.1) is 0 Å². The van der Waals surface area contributed by atoms with Gasteiger partial charge in [-0.3, -0.25) is 0 Å². The first-order valence-corrected chi connectivity index (χ1v) is 14.8. The van der Waals surface area contributed by atoms with E-state index in [1.54, 1.807) is 0 Å². The highest BCUT2D eigenvalue weighted by Gasteiger charge is 2.32. The zero-order valence-electron chi connectivity index (χ0n) is 25.6. The molecule has 0 saturated heterocycles. The molecule has 0 bridgehead atoms. The molecule has 0 radical (unpaired) electrons. The molecule has 218 valence electrons. The number of para-hydroxylation sites is 4. The molecule has 2 N–H and O–H groups in total. The highest BCUT2D eigenvalue weighted by atomic mass is 16.3. The summed E-state index contributed by atoms with van der Waals surface area (Å²) in [6, 6.07) is 28.8. The van der Waals surface area contributed by atoms with E-state index in [-0.39, 0.29) is 10.8 Å². The van der Waals surface area contributed by atoms with Gasteiger partial charge in [0.15, 0.2) is 0 Å². The second-order valence-corrected chi connectivity index (χ2v) is 13.6. The molecule has 2 aliphatic heterocycles. The zero-order chi connectivity index (χ0) is 29.8. The summed E-state index contributed by atoms with van der Waals surface area (Å²) in [5, 5.41) is 21.8. The number of benzene rings is 4. The average Bonchev–Trinajstić information content (AvgIpc) is 3.50. The molecule has 0 amide bonds. The first-order chi connectivity index (χ1) is 19.9. The number of nitrogens with zero attached hydrogens (tertiary/aromatic N) is 4. The maximum atomic E-state index is 10.9. The fraction of sp³-hybridized carbons (Fsp3) is 0.333. The van der Waals surface area contributed by atoms with Crippen molar-refractivity contribution in [1.82, 2.24) is 0 Å². The van der Waals surface area contributed by atoms with Crippen LogP contribution in [-0.4, -0.2) is 36.6 Å². The molecule has 0 unspecified atom stereocenters. The maximum absolute atomic E-state index is 10.9. The first-order valence-electron chi connectivity index (χ1n) is 14.8. The van der Waals surface area contributed by atoms with Crippen molar-refractivity contribution in [3.63, 3.8) is 0 Å². The van der Waals surface area contributed by atoms with Gasteiger partial charge in [0.05, 0.1) is 47.5 Å². The van der Waals surface area contributed by atoms with E-state index in [1.165, 1.54) is 11.1 Å². The Morgan fingerprint density at radius 3 is 1.21 bits per heavy atom. The molecule has 0 fully saturated rings. The number of phenols is 2. The van der Waals surface area contributed by atoms with Gasteiger partial charge in [0.2, 0.25) is 0 Å². The van der Waals surface area contributed by atoms with Gasteiger partial charge < -0.3 is 29.8 Å². The molecule has 0 spiro atoms. The van der Waals surface area contributed by atoms with Gasteiger partial charge in [-0.1, -0.05) is 77.9 Å². The molecule has 42 heavy (non-hydrogen) atoms. The summed E-state index contributed by atoms with van der Waals surface area (Å²) in [5.41, 5.74) is 8.56. The molecule has 2 heterocycles. The van der Waals surface area contributed by atoms with Gasteiger partial charge in [-0.2, -0.15) is 0 Å². The third-order valence-electron chi connectivity index (χ3n) is 8.55. The molecular formula is C36H42N4O2. The van der Waals surface area contributed by atoms with Crippen LogP contribution in [-0.2, 0) is 10.8 Å². The lowest BCUT2D eigenvalue weighted by Gasteiger charge is -2.28. The summed E-state index contributed by atoms with van der Waals surface area (Å²) < 4.78 is 0. The molecule has 6 nitrogen and oxygen atoms in total. The summed E-state index contributed by atoms with van der Waals surface area (Å²) in [4.78, 5) is 9.23. The Morgan fingerprint density at radius 1 is 0.500 bits per heavy atom. The highest BCUT2D eigenvalue weighted by Crippen LogP contribution is 2.46. The number of hydrogen-bond donors (Lipinski definition) is 2. The molecular weight excluding hydrogens is 520 g/mol. The maximum Gasteiger partial charge on any atom is 0.139 e. The molecule has 2 aliphatic rings. The minimum absolute atomic E-state index is 0.0166. The Bertz CT molecular complexity index is 1500. The molecule has 6 rings (SSSR count). The van der Waals surface area contributed by atoms with Gasteiger partial charge in [-0.15, -0.1) is 0 Å². The number of anilines is 6. The van der Waals surface area contributed by atoms with Crippen LogP contribution in [0.5, 0.6) is 11.5 Å². The van der Waals surface area contributed by atoms with Crippen LogP contribution in [0.3, 0.4) is 0 Å². The van der Waals surface area contributed by atoms with E-state index in [4.69, 9.17) is 0 Å². The molecule has 0 aliphatic carbocycles. The van der Waals surface area contributed by atoms with Gasteiger partial charge in [-0.05, 0) is 70.5 Å². The van der Waals surface area contributed by atoms with Crippen LogP contribution in [0.1, 0.15) is 52.7 Å². The second kappa shape index (κ2) is 10.2. The van der Waals surface area contributed by atoms with Gasteiger partial charge in [0.1, 0.15) is 11.5 Å². The highest BCUT2D eigenvalue weighted by molar-refractivity contribution is 5.86. The summed E-state index contributed by atoms with van der Waals surface area (Å²) in [7, 11) is 0. The predicted octanol–water partition coefficient (Wildman–Crippen LogP) is 8.22. The molecule has 6 heteroatoms. The fourth-order valence-corrected chi connectivity index (χ4v) is 6.01. The van der Waals surface area contributed by atoms with Crippen LogP contribution in [0.4, 0.5) is 34.1 Å². The number of phenolic OH excluding ortho intramolecular Hbond substituents is 2. The van der Waals surface area contributed by atoms with Crippen LogP contribution in [0.25, 0.3) is 0 Å². The summed E-state index contributed by atoms with van der Waals surface area (Å²) >= 11 is 0. The Morgan fingerprint density at radius 2 is 0.857 bits per heavy atom. The van der Waals surface area contributed by atoms with Crippen molar-refractivity contribution < 1.29 is 10.2 Å². The third kappa shape index (κ3) is 5.00. The van der Waals surface area contributed by atoms with Gasteiger partial charge in [0.25, 0.3) is 0 Å². The minimum atomic E-state index is -0.0166. The SMILES string of the molecule is CC(C)(C)c1ccc(O)c(N2CN(CCN3CN(c4cc(C(C)(C)C)ccc4O)c4ccccc43)c3ccccc32)c1. The topological polar surface area (TPSA) is 53.4 Å². The number of fused-ring (bicyclic) bond motifs is 2. The minimum Gasteiger partial charge on any atom is -0.506 e. The molecule has 4 aromatic rings. The van der Waals surface area contributed by atoms with Crippen LogP contribution in [0.15, 0.2) is 84.9 Å². The van der Waals surface area contributed by atoms with E-state index >= 15 is 0 Å². The third-order valence-corrected chi connectivity index (χ3v) is 8.55. The number of rotatable bonds is 5. The van der Waals surface area contributed by atoms with Gasteiger partial charge in [-0.25, -0.2) is 0 Å². The van der Waals surface area contributed by atoms with Gasteiger partial charge >= 0.3 is 0 Å². The van der Waals surface area contributed by atoms with E-state index in [9.17, 15) is 10.2 Å².